The summed E-state index contributed by atoms with van der Waals surface area (Å²) in [7, 11) is 4.15. The number of hydrogen-bond acceptors (Lipinski definition) is 4. The molecule has 0 amide bonds. The lowest BCUT2D eigenvalue weighted by Crippen LogP contribution is -2.14. The molecule has 2 aromatic rings. The number of hydrogen-bond donors (Lipinski definition) is 0. The van der Waals surface area contributed by atoms with Crippen molar-refractivity contribution in [1.29, 1.82) is 0 Å². The zero-order valence-corrected chi connectivity index (χ0v) is 10.4. The van der Waals surface area contributed by atoms with E-state index in [0.29, 0.717) is 0 Å². The van der Waals surface area contributed by atoms with Crippen LogP contribution in [0.15, 0.2) is 35.5 Å². The maximum absolute atomic E-state index is 4.55. The summed E-state index contributed by atoms with van der Waals surface area (Å²) < 4.78 is 0. The van der Waals surface area contributed by atoms with E-state index in [0.717, 1.165) is 28.4 Å². The van der Waals surface area contributed by atoms with Gasteiger partial charge >= 0.3 is 0 Å². The molecule has 0 aliphatic heterocycles. The van der Waals surface area contributed by atoms with Gasteiger partial charge in [-0.2, -0.15) is 0 Å². The summed E-state index contributed by atoms with van der Waals surface area (Å²) in [5.41, 5.74) is 1.93. The van der Waals surface area contributed by atoms with Gasteiger partial charge in [-0.15, -0.1) is 11.8 Å². The molecule has 0 saturated heterocycles. The third-order valence-electron chi connectivity index (χ3n) is 2.21. The number of para-hydroxylation sites is 2. The molecule has 4 heteroatoms. The first-order chi connectivity index (χ1) is 7.75. The Balaban J connectivity index is 2.08. The molecule has 0 atom stereocenters. The normalized spacial score (nSPS) is 11.2. The van der Waals surface area contributed by atoms with Crippen LogP contribution in [0, 0.1) is 0 Å². The van der Waals surface area contributed by atoms with E-state index in [1.165, 1.54) is 0 Å². The topological polar surface area (TPSA) is 29.0 Å². The van der Waals surface area contributed by atoms with Crippen LogP contribution in [0.25, 0.3) is 11.0 Å². The molecular formula is C12H15N3S. The second-order valence-electron chi connectivity index (χ2n) is 3.85. The van der Waals surface area contributed by atoms with Gasteiger partial charge < -0.3 is 4.90 Å². The molecule has 0 unspecified atom stereocenters. The van der Waals surface area contributed by atoms with Crippen molar-refractivity contribution >= 4 is 22.8 Å². The fourth-order valence-corrected chi connectivity index (χ4v) is 2.30. The number of aromatic nitrogens is 2. The lowest BCUT2D eigenvalue weighted by molar-refractivity contribution is 0.437. The van der Waals surface area contributed by atoms with Gasteiger partial charge in [0, 0.05) is 12.3 Å². The molecule has 1 aromatic heterocycles. The van der Waals surface area contributed by atoms with Gasteiger partial charge in [0.05, 0.1) is 17.2 Å². The summed E-state index contributed by atoms with van der Waals surface area (Å²) >= 11 is 1.75. The van der Waals surface area contributed by atoms with Gasteiger partial charge in [0.15, 0.2) is 0 Å². The smallest absolute Gasteiger partial charge is 0.115 e. The average molecular weight is 233 g/mol. The third kappa shape index (κ3) is 2.93. The van der Waals surface area contributed by atoms with Crippen LogP contribution in [-0.2, 0) is 0 Å². The van der Waals surface area contributed by atoms with Crippen LogP contribution in [0.2, 0.25) is 0 Å². The zero-order chi connectivity index (χ0) is 11.4. The number of fused-ring (bicyclic) bond motifs is 1. The maximum atomic E-state index is 4.55. The number of thioether (sulfide) groups is 1. The highest BCUT2D eigenvalue weighted by Gasteiger charge is 2.00. The van der Waals surface area contributed by atoms with Gasteiger partial charge in [-0.3, -0.25) is 4.98 Å². The Morgan fingerprint density at radius 2 is 1.94 bits per heavy atom. The Bertz CT molecular complexity index is 471. The number of nitrogens with zero attached hydrogens (tertiary/aromatic N) is 3. The molecule has 2 rings (SSSR count). The van der Waals surface area contributed by atoms with E-state index in [9.17, 15) is 0 Å². The summed E-state index contributed by atoms with van der Waals surface area (Å²) in [6.07, 6.45) is 1.85. The van der Waals surface area contributed by atoms with Crippen LogP contribution in [-0.4, -0.2) is 41.3 Å². The van der Waals surface area contributed by atoms with Crippen molar-refractivity contribution in [2.45, 2.75) is 5.03 Å². The summed E-state index contributed by atoms with van der Waals surface area (Å²) in [6, 6.07) is 7.95. The van der Waals surface area contributed by atoms with Crippen molar-refractivity contribution in [3.05, 3.63) is 30.5 Å². The summed E-state index contributed by atoms with van der Waals surface area (Å²) in [4.78, 5) is 11.1. The molecule has 84 valence electrons. The van der Waals surface area contributed by atoms with Crippen LogP contribution in [0.1, 0.15) is 0 Å². The van der Waals surface area contributed by atoms with Crippen LogP contribution < -0.4 is 0 Å². The van der Waals surface area contributed by atoms with E-state index < -0.39 is 0 Å². The maximum Gasteiger partial charge on any atom is 0.115 e. The highest BCUT2D eigenvalue weighted by Crippen LogP contribution is 2.17. The molecule has 0 bridgehead atoms. The predicted octanol–water partition coefficient (Wildman–Crippen LogP) is 2.28. The van der Waals surface area contributed by atoms with Crippen molar-refractivity contribution in [2.24, 2.45) is 0 Å². The number of benzene rings is 1. The SMILES string of the molecule is CN(C)CCSc1cnc2ccccc2n1. The first-order valence-electron chi connectivity index (χ1n) is 5.25. The third-order valence-corrected chi connectivity index (χ3v) is 3.09. The number of rotatable bonds is 4. The summed E-state index contributed by atoms with van der Waals surface area (Å²) in [5.74, 6) is 1.04. The average Bonchev–Trinajstić information content (AvgIpc) is 2.28. The van der Waals surface area contributed by atoms with Gasteiger partial charge in [0.25, 0.3) is 0 Å². The largest absolute Gasteiger partial charge is 0.309 e. The van der Waals surface area contributed by atoms with Crippen LogP contribution in [0.5, 0.6) is 0 Å². The molecule has 16 heavy (non-hydrogen) atoms. The lowest BCUT2D eigenvalue weighted by atomic mass is 10.3. The van der Waals surface area contributed by atoms with Crippen molar-refractivity contribution in [3.8, 4) is 0 Å². The monoisotopic (exact) mass is 233 g/mol. The Kier molecular flexibility index (Phi) is 3.74. The van der Waals surface area contributed by atoms with Crippen LogP contribution >= 0.6 is 11.8 Å². The van der Waals surface area contributed by atoms with Crippen molar-refractivity contribution in [3.63, 3.8) is 0 Å². The molecular weight excluding hydrogens is 218 g/mol. The Hall–Kier alpha value is -1.13. The molecule has 0 N–H and O–H groups in total. The van der Waals surface area contributed by atoms with E-state index in [2.05, 4.69) is 29.0 Å². The van der Waals surface area contributed by atoms with Crippen molar-refractivity contribution in [2.75, 3.05) is 26.4 Å². The van der Waals surface area contributed by atoms with Crippen LogP contribution in [0.4, 0.5) is 0 Å². The second-order valence-corrected chi connectivity index (χ2v) is 4.96. The predicted molar refractivity (Wildman–Crippen MR) is 68.8 cm³/mol. The molecule has 0 aliphatic rings. The van der Waals surface area contributed by atoms with Gasteiger partial charge in [-0.05, 0) is 26.2 Å². The summed E-state index contributed by atoms with van der Waals surface area (Å²) in [6.45, 7) is 1.05. The lowest BCUT2D eigenvalue weighted by Gasteiger charge is -2.08. The van der Waals surface area contributed by atoms with Gasteiger partial charge in [-0.1, -0.05) is 12.1 Å². The second kappa shape index (κ2) is 5.27. The minimum absolute atomic E-state index is 0.958. The molecule has 1 aromatic carbocycles. The zero-order valence-electron chi connectivity index (χ0n) is 9.55. The first kappa shape index (κ1) is 11.4. The Morgan fingerprint density at radius 3 is 2.69 bits per heavy atom. The minimum Gasteiger partial charge on any atom is -0.309 e. The fourth-order valence-electron chi connectivity index (χ4n) is 1.34. The standard InChI is InChI=1S/C12H15N3S/c1-15(2)7-8-16-12-9-13-10-5-3-4-6-11(10)14-12/h3-6,9H,7-8H2,1-2H3. The molecule has 0 saturated carbocycles. The van der Waals surface area contributed by atoms with E-state index in [-0.39, 0.29) is 0 Å². The van der Waals surface area contributed by atoms with Crippen molar-refractivity contribution < 1.29 is 0 Å². The Labute approximate surface area is 99.9 Å². The molecule has 0 radical (unpaired) electrons. The highest BCUT2D eigenvalue weighted by atomic mass is 32.2. The highest BCUT2D eigenvalue weighted by molar-refractivity contribution is 7.99. The molecule has 1 heterocycles. The molecule has 0 spiro atoms. The first-order valence-corrected chi connectivity index (χ1v) is 6.23. The van der Waals surface area contributed by atoms with E-state index in [1.807, 2.05) is 30.5 Å². The minimum atomic E-state index is 0.958. The van der Waals surface area contributed by atoms with Gasteiger partial charge in [0.2, 0.25) is 0 Å². The quantitative estimate of drug-likeness (QED) is 0.758. The Morgan fingerprint density at radius 1 is 1.19 bits per heavy atom. The molecule has 0 aliphatic carbocycles. The van der Waals surface area contributed by atoms with Crippen molar-refractivity contribution in [1.82, 2.24) is 14.9 Å². The van der Waals surface area contributed by atoms with E-state index in [1.54, 1.807) is 11.8 Å². The molecule has 3 nitrogen and oxygen atoms in total. The molecule has 0 fully saturated rings. The fraction of sp³-hybridized carbons (Fsp3) is 0.333. The van der Waals surface area contributed by atoms with Gasteiger partial charge in [-0.25, -0.2) is 4.98 Å². The van der Waals surface area contributed by atoms with E-state index in [4.69, 9.17) is 0 Å². The summed E-state index contributed by atoms with van der Waals surface area (Å²) in [5, 5.41) is 1.00. The van der Waals surface area contributed by atoms with Crippen LogP contribution in [0.3, 0.4) is 0 Å². The van der Waals surface area contributed by atoms with E-state index >= 15 is 0 Å². The van der Waals surface area contributed by atoms with Gasteiger partial charge in [0.1, 0.15) is 5.03 Å².